The molecular formula is C18H23N5S. The molecule has 24 heavy (non-hydrogen) atoms. The molecule has 1 aromatic carbocycles. The van der Waals surface area contributed by atoms with Crippen LogP contribution in [-0.4, -0.2) is 60.7 Å². The molecule has 0 aliphatic carbocycles. The van der Waals surface area contributed by atoms with Gasteiger partial charge in [0.2, 0.25) is 0 Å². The Labute approximate surface area is 147 Å². The third-order valence-electron chi connectivity index (χ3n) is 4.70. The lowest BCUT2D eigenvalue weighted by Crippen LogP contribution is -2.47. The topological polar surface area (TPSA) is 35.5 Å². The van der Waals surface area contributed by atoms with Crippen LogP contribution in [0.25, 0.3) is 0 Å². The molecular weight excluding hydrogens is 318 g/mol. The van der Waals surface area contributed by atoms with Crippen molar-refractivity contribution in [2.75, 3.05) is 65.5 Å². The summed E-state index contributed by atoms with van der Waals surface area (Å²) in [6.07, 6.45) is 1.72. The predicted molar refractivity (Wildman–Crippen MR) is 102 cm³/mol. The van der Waals surface area contributed by atoms with Crippen LogP contribution in [0.3, 0.4) is 0 Å². The van der Waals surface area contributed by atoms with Crippen molar-refractivity contribution >= 4 is 29.1 Å². The Bertz CT molecular complexity index is 651. The quantitative estimate of drug-likeness (QED) is 0.853. The molecule has 0 bridgehead atoms. The fourth-order valence-corrected chi connectivity index (χ4v) is 4.21. The smallest absolute Gasteiger partial charge is 0.134 e. The number of aromatic nitrogens is 2. The Hall–Kier alpha value is -1.95. The van der Waals surface area contributed by atoms with Gasteiger partial charge in [-0.15, -0.1) is 0 Å². The molecule has 3 heterocycles. The summed E-state index contributed by atoms with van der Waals surface area (Å²) >= 11 is 2.02. The maximum atomic E-state index is 4.52. The summed E-state index contributed by atoms with van der Waals surface area (Å²) in [7, 11) is 0. The molecule has 1 aromatic heterocycles. The standard InChI is InChI=1S/C18H23N5S/c1-2-4-16(5-3-1)21-6-8-22(9-7-21)17-14-18(20-15-19-17)23-10-12-24-13-11-23/h1-5,14-15H,6-13H2. The normalized spacial score (nSPS) is 18.8. The van der Waals surface area contributed by atoms with Crippen LogP contribution < -0.4 is 14.7 Å². The maximum absolute atomic E-state index is 4.52. The Balaban J connectivity index is 1.42. The fraction of sp³-hybridized carbons (Fsp3) is 0.444. The highest BCUT2D eigenvalue weighted by atomic mass is 32.2. The van der Waals surface area contributed by atoms with Crippen LogP contribution in [0.4, 0.5) is 17.3 Å². The second-order valence-corrected chi connectivity index (χ2v) is 7.37. The first kappa shape index (κ1) is 15.6. The molecule has 5 nitrogen and oxygen atoms in total. The number of hydrogen-bond donors (Lipinski definition) is 0. The first-order chi connectivity index (χ1) is 11.9. The lowest BCUT2D eigenvalue weighted by molar-refractivity contribution is 0.646. The highest BCUT2D eigenvalue weighted by Crippen LogP contribution is 2.23. The zero-order valence-corrected chi connectivity index (χ0v) is 14.7. The van der Waals surface area contributed by atoms with Crippen molar-refractivity contribution in [1.29, 1.82) is 0 Å². The van der Waals surface area contributed by atoms with Crippen molar-refractivity contribution in [3.63, 3.8) is 0 Å². The largest absolute Gasteiger partial charge is 0.368 e. The molecule has 4 rings (SSSR count). The van der Waals surface area contributed by atoms with Gasteiger partial charge < -0.3 is 14.7 Å². The number of thioether (sulfide) groups is 1. The van der Waals surface area contributed by atoms with E-state index in [9.17, 15) is 0 Å². The average Bonchev–Trinajstić information content (AvgIpc) is 2.70. The molecule has 2 aromatic rings. The van der Waals surface area contributed by atoms with Crippen LogP contribution in [0.2, 0.25) is 0 Å². The summed E-state index contributed by atoms with van der Waals surface area (Å²) in [5, 5.41) is 0. The zero-order valence-electron chi connectivity index (χ0n) is 13.8. The van der Waals surface area contributed by atoms with Gasteiger partial charge in [-0.25, -0.2) is 9.97 Å². The van der Waals surface area contributed by atoms with E-state index in [1.165, 1.54) is 17.2 Å². The monoisotopic (exact) mass is 341 g/mol. The van der Waals surface area contributed by atoms with Crippen molar-refractivity contribution in [3.05, 3.63) is 42.7 Å². The predicted octanol–water partition coefficient (Wildman–Crippen LogP) is 2.36. The summed E-state index contributed by atoms with van der Waals surface area (Å²) in [5.41, 5.74) is 1.31. The van der Waals surface area contributed by atoms with Crippen LogP contribution in [0.15, 0.2) is 42.7 Å². The van der Waals surface area contributed by atoms with E-state index in [-0.39, 0.29) is 0 Å². The molecule has 0 unspecified atom stereocenters. The highest BCUT2D eigenvalue weighted by molar-refractivity contribution is 7.99. The minimum absolute atomic E-state index is 1.00. The van der Waals surface area contributed by atoms with Gasteiger partial charge in [0.15, 0.2) is 0 Å². The lowest BCUT2D eigenvalue weighted by Gasteiger charge is -2.37. The van der Waals surface area contributed by atoms with E-state index in [0.29, 0.717) is 0 Å². The van der Waals surface area contributed by atoms with Crippen molar-refractivity contribution in [2.45, 2.75) is 0 Å². The first-order valence-electron chi connectivity index (χ1n) is 8.60. The van der Waals surface area contributed by atoms with Crippen LogP contribution in [0.1, 0.15) is 0 Å². The highest BCUT2D eigenvalue weighted by Gasteiger charge is 2.20. The van der Waals surface area contributed by atoms with Crippen LogP contribution in [0.5, 0.6) is 0 Å². The van der Waals surface area contributed by atoms with Gasteiger partial charge in [0.1, 0.15) is 18.0 Å². The molecule has 2 saturated heterocycles. The van der Waals surface area contributed by atoms with E-state index in [1.54, 1.807) is 6.33 Å². The number of piperazine rings is 1. The molecule has 0 atom stereocenters. The molecule has 2 fully saturated rings. The molecule has 6 heteroatoms. The average molecular weight is 341 g/mol. The van der Waals surface area contributed by atoms with E-state index in [1.807, 2.05) is 11.8 Å². The van der Waals surface area contributed by atoms with E-state index in [0.717, 1.165) is 50.9 Å². The summed E-state index contributed by atoms with van der Waals surface area (Å²) < 4.78 is 0. The van der Waals surface area contributed by atoms with Gasteiger partial charge in [-0.1, -0.05) is 18.2 Å². The van der Waals surface area contributed by atoms with Gasteiger partial charge in [-0.05, 0) is 12.1 Å². The number of hydrogen-bond acceptors (Lipinski definition) is 6. The summed E-state index contributed by atoms with van der Waals surface area (Å²) in [4.78, 5) is 16.2. The molecule has 0 saturated carbocycles. The maximum Gasteiger partial charge on any atom is 0.134 e. The van der Waals surface area contributed by atoms with E-state index in [4.69, 9.17) is 0 Å². The number of para-hydroxylation sites is 1. The number of nitrogens with zero attached hydrogens (tertiary/aromatic N) is 5. The van der Waals surface area contributed by atoms with Crippen molar-refractivity contribution in [2.24, 2.45) is 0 Å². The Kier molecular flexibility index (Phi) is 4.74. The van der Waals surface area contributed by atoms with Crippen molar-refractivity contribution < 1.29 is 0 Å². The van der Waals surface area contributed by atoms with Crippen LogP contribution >= 0.6 is 11.8 Å². The SMILES string of the molecule is c1ccc(N2CCN(c3cc(N4CCSCC4)ncn3)CC2)cc1. The molecule has 2 aliphatic heterocycles. The van der Waals surface area contributed by atoms with Crippen LogP contribution in [0, 0.1) is 0 Å². The van der Waals surface area contributed by atoms with Gasteiger partial charge >= 0.3 is 0 Å². The first-order valence-corrected chi connectivity index (χ1v) is 9.75. The minimum atomic E-state index is 1.00. The van der Waals surface area contributed by atoms with Crippen molar-refractivity contribution in [3.8, 4) is 0 Å². The van der Waals surface area contributed by atoms with Gasteiger partial charge in [0.05, 0.1) is 0 Å². The molecule has 2 aliphatic rings. The summed E-state index contributed by atoms with van der Waals surface area (Å²) in [6.45, 7) is 6.24. The Morgan fingerprint density at radius 2 is 1.29 bits per heavy atom. The van der Waals surface area contributed by atoms with Crippen molar-refractivity contribution in [1.82, 2.24) is 9.97 Å². The number of benzene rings is 1. The second-order valence-electron chi connectivity index (χ2n) is 6.14. The lowest BCUT2D eigenvalue weighted by atomic mass is 10.2. The van der Waals surface area contributed by atoms with E-state index in [2.05, 4.69) is 61.1 Å². The fourth-order valence-electron chi connectivity index (χ4n) is 3.31. The minimum Gasteiger partial charge on any atom is -0.368 e. The second kappa shape index (κ2) is 7.30. The molecule has 0 spiro atoms. The Morgan fingerprint density at radius 1 is 0.708 bits per heavy atom. The number of rotatable bonds is 3. The van der Waals surface area contributed by atoms with Crippen LogP contribution in [-0.2, 0) is 0 Å². The number of anilines is 3. The van der Waals surface area contributed by atoms with Gasteiger partial charge in [0.25, 0.3) is 0 Å². The molecule has 0 N–H and O–H groups in total. The summed E-state index contributed by atoms with van der Waals surface area (Å²) in [5.74, 6) is 4.51. The van der Waals surface area contributed by atoms with Gasteiger partial charge in [-0.3, -0.25) is 0 Å². The summed E-state index contributed by atoms with van der Waals surface area (Å²) in [6, 6.07) is 12.8. The van der Waals surface area contributed by atoms with E-state index >= 15 is 0 Å². The third-order valence-corrected chi connectivity index (χ3v) is 5.64. The molecule has 0 amide bonds. The van der Waals surface area contributed by atoms with Gasteiger partial charge in [0, 0.05) is 62.5 Å². The molecule has 0 radical (unpaired) electrons. The third kappa shape index (κ3) is 3.43. The molecule has 126 valence electrons. The Morgan fingerprint density at radius 3 is 1.96 bits per heavy atom. The van der Waals surface area contributed by atoms with E-state index < -0.39 is 0 Å². The zero-order chi connectivity index (χ0) is 16.2. The van der Waals surface area contributed by atoms with Gasteiger partial charge in [-0.2, -0.15) is 11.8 Å².